The molecule has 0 amide bonds. The van der Waals surface area contributed by atoms with Crippen LogP contribution in [0.5, 0.6) is 0 Å². The summed E-state index contributed by atoms with van der Waals surface area (Å²) in [5, 5.41) is 9.44. The molecule has 0 radical (unpaired) electrons. The highest BCUT2D eigenvalue weighted by molar-refractivity contribution is 5.65. The van der Waals surface area contributed by atoms with Crippen molar-refractivity contribution < 1.29 is 13.2 Å². The van der Waals surface area contributed by atoms with Crippen LogP contribution in [-0.4, -0.2) is 14.5 Å². The lowest BCUT2D eigenvalue weighted by Gasteiger charge is -2.14. The Balaban J connectivity index is 2.19. The van der Waals surface area contributed by atoms with Crippen LogP contribution < -0.4 is 5.73 Å². The fraction of sp³-hybridized carbons (Fsp3) is 0.167. The van der Waals surface area contributed by atoms with E-state index >= 15 is 0 Å². The molecule has 0 aliphatic heterocycles. The van der Waals surface area contributed by atoms with Crippen molar-refractivity contribution in [3.8, 4) is 23.0 Å². The van der Waals surface area contributed by atoms with Crippen LogP contribution in [0, 0.1) is 11.3 Å². The monoisotopic (exact) mass is 357 g/mol. The molecule has 3 rings (SSSR count). The summed E-state index contributed by atoms with van der Waals surface area (Å²) in [5.74, 6) is 0.259. The van der Waals surface area contributed by atoms with E-state index in [9.17, 15) is 18.4 Å². The Kier molecular flexibility index (Phi) is 4.38. The number of aromatic nitrogens is 3. The van der Waals surface area contributed by atoms with E-state index in [1.807, 2.05) is 13.0 Å². The van der Waals surface area contributed by atoms with Crippen LogP contribution in [0.25, 0.3) is 16.9 Å². The first-order valence-electron chi connectivity index (χ1n) is 7.74. The molecule has 0 unspecified atom stereocenters. The Morgan fingerprint density at radius 3 is 2.58 bits per heavy atom. The minimum Gasteiger partial charge on any atom is -0.384 e. The van der Waals surface area contributed by atoms with Gasteiger partial charge in [0.25, 0.3) is 0 Å². The highest BCUT2D eigenvalue weighted by atomic mass is 19.4. The van der Waals surface area contributed by atoms with Gasteiger partial charge in [-0.2, -0.15) is 18.4 Å². The fourth-order valence-electron chi connectivity index (χ4n) is 2.68. The summed E-state index contributed by atoms with van der Waals surface area (Å²) in [6.45, 7) is 1.84. The average Bonchev–Trinajstić information content (AvgIpc) is 3.04. The van der Waals surface area contributed by atoms with Crippen molar-refractivity contribution in [3.63, 3.8) is 0 Å². The summed E-state index contributed by atoms with van der Waals surface area (Å²) in [5.41, 5.74) is 7.14. The van der Waals surface area contributed by atoms with Crippen molar-refractivity contribution in [2.24, 2.45) is 0 Å². The number of nitriles is 1. The molecule has 2 heterocycles. The van der Waals surface area contributed by atoms with Gasteiger partial charge in [-0.1, -0.05) is 13.0 Å². The molecule has 2 aromatic heterocycles. The molecule has 1 aromatic carbocycles. The van der Waals surface area contributed by atoms with Gasteiger partial charge in [0.1, 0.15) is 23.9 Å². The van der Waals surface area contributed by atoms with Crippen LogP contribution >= 0.6 is 0 Å². The van der Waals surface area contributed by atoms with Crippen LogP contribution in [0.4, 0.5) is 19.0 Å². The number of nitrogens with zero attached hydrogens (tertiary/aromatic N) is 4. The van der Waals surface area contributed by atoms with Crippen LogP contribution in [-0.2, 0) is 12.6 Å². The maximum absolute atomic E-state index is 13.1. The van der Waals surface area contributed by atoms with Gasteiger partial charge in [-0.3, -0.25) is 0 Å². The smallest absolute Gasteiger partial charge is 0.384 e. The van der Waals surface area contributed by atoms with Crippen molar-refractivity contribution in [1.82, 2.24) is 14.5 Å². The molecule has 0 atom stereocenters. The van der Waals surface area contributed by atoms with Gasteiger partial charge in [-0.15, -0.1) is 0 Å². The molecule has 26 heavy (non-hydrogen) atoms. The van der Waals surface area contributed by atoms with E-state index in [0.717, 1.165) is 12.1 Å². The number of hydrogen-bond acceptors (Lipinski definition) is 4. The van der Waals surface area contributed by atoms with Gasteiger partial charge in [0.05, 0.1) is 16.9 Å². The van der Waals surface area contributed by atoms with E-state index in [1.165, 1.54) is 23.0 Å². The predicted molar refractivity (Wildman–Crippen MR) is 90.3 cm³/mol. The van der Waals surface area contributed by atoms with E-state index < -0.39 is 11.7 Å². The first-order valence-corrected chi connectivity index (χ1v) is 7.74. The number of hydrogen-bond donors (Lipinski definition) is 1. The molecule has 0 saturated carbocycles. The normalized spacial score (nSPS) is 11.3. The van der Waals surface area contributed by atoms with Crippen molar-refractivity contribution >= 4 is 5.82 Å². The van der Waals surface area contributed by atoms with Crippen molar-refractivity contribution in [3.05, 3.63) is 59.7 Å². The van der Waals surface area contributed by atoms with E-state index in [4.69, 9.17) is 5.73 Å². The van der Waals surface area contributed by atoms with Gasteiger partial charge < -0.3 is 10.3 Å². The van der Waals surface area contributed by atoms with Gasteiger partial charge in [-0.05, 0) is 30.2 Å². The van der Waals surface area contributed by atoms with Crippen molar-refractivity contribution in [2.75, 3.05) is 5.73 Å². The molecule has 8 heteroatoms. The SMILES string of the molecule is CCc1ccc(C(F)(F)F)cc1-n1cc(-c2cc(N)ncn2)cc1C#N. The zero-order chi connectivity index (χ0) is 18.9. The highest BCUT2D eigenvalue weighted by Gasteiger charge is 2.31. The molecule has 2 N–H and O–H groups in total. The largest absolute Gasteiger partial charge is 0.416 e. The molecule has 0 spiro atoms. The molecular weight excluding hydrogens is 343 g/mol. The third kappa shape index (κ3) is 3.24. The second kappa shape index (κ2) is 6.52. The first-order chi connectivity index (χ1) is 12.3. The summed E-state index contributed by atoms with van der Waals surface area (Å²) in [6.07, 6.45) is -1.08. The van der Waals surface area contributed by atoms with Crippen molar-refractivity contribution in [1.29, 1.82) is 5.26 Å². The number of anilines is 1. The standard InChI is InChI=1S/C18H14F3N5/c1-2-11-3-4-13(18(19,20)21)6-16(11)26-9-12(5-14(26)8-22)15-7-17(23)25-10-24-15/h3-7,9-10H,2H2,1H3,(H2,23,24,25). The van der Waals surface area contributed by atoms with E-state index in [-0.39, 0.29) is 11.5 Å². The number of nitrogens with two attached hydrogens (primary N) is 1. The number of aryl methyl sites for hydroxylation is 1. The number of benzene rings is 1. The number of rotatable bonds is 3. The molecular formula is C18H14F3N5. The summed E-state index contributed by atoms with van der Waals surface area (Å²) in [6, 6.07) is 8.64. The average molecular weight is 357 g/mol. The summed E-state index contributed by atoms with van der Waals surface area (Å²) < 4.78 is 40.8. The minimum absolute atomic E-state index is 0.200. The van der Waals surface area contributed by atoms with Gasteiger partial charge in [0.15, 0.2) is 0 Å². The predicted octanol–water partition coefficient (Wildman–Crippen LogP) is 3.97. The van der Waals surface area contributed by atoms with Gasteiger partial charge in [0, 0.05) is 17.8 Å². The van der Waals surface area contributed by atoms with Crippen LogP contribution in [0.1, 0.15) is 23.7 Å². The minimum atomic E-state index is -4.47. The Morgan fingerprint density at radius 2 is 1.96 bits per heavy atom. The topological polar surface area (TPSA) is 80.5 Å². The first kappa shape index (κ1) is 17.5. The lowest BCUT2D eigenvalue weighted by atomic mass is 10.1. The zero-order valence-corrected chi connectivity index (χ0v) is 13.7. The third-order valence-electron chi connectivity index (χ3n) is 3.97. The Morgan fingerprint density at radius 1 is 1.19 bits per heavy atom. The molecule has 0 saturated heterocycles. The summed E-state index contributed by atoms with van der Waals surface area (Å²) in [4.78, 5) is 7.91. The number of nitrogen functional groups attached to an aromatic ring is 1. The number of alkyl halides is 3. The Labute approximate surface area is 147 Å². The fourth-order valence-corrected chi connectivity index (χ4v) is 2.68. The zero-order valence-electron chi connectivity index (χ0n) is 13.7. The van der Waals surface area contributed by atoms with Gasteiger partial charge in [-0.25, -0.2) is 9.97 Å². The quantitative estimate of drug-likeness (QED) is 0.769. The lowest BCUT2D eigenvalue weighted by molar-refractivity contribution is -0.137. The third-order valence-corrected chi connectivity index (χ3v) is 3.97. The molecule has 0 aliphatic carbocycles. The lowest BCUT2D eigenvalue weighted by Crippen LogP contribution is -2.08. The summed E-state index contributed by atoms with van der Waals surface area (Å²) in [7, 11) is 0. The molecule has 0 bridgehead atoms. The number of halogens is 3. The Bertz CT molecular complexity index is 999. The van der Waals surface area contributed by atoms with Gasteiger partial charge >= 0.3 is 6.18 Å². The molecule has 132 valence electrons. The molecule has 5 nitrogen and oxygen atoms in total. The van der Waals surface area contributed by atoms with E-state index in [2.05, 4.69) is 9.97 Å². The molecule has 3 aromatic rings. The second-order valence-electron chi connectivity index (χ2n) is 5.62. The maximum atomic E-state index is 13.1. The molecule has 0 aliphatic rings. The highest BCUT2D eigenvalue weighted by Crippen LogP contribution is 2.33. The van der Waals surface area contributed by atoms with Crippen molar-refractivity contribution in [2.45, 2.75) is 19.5 Å². The second-order valence-corrected chi connectivity index (χ2v) is 5.62. The van der Waals surface area contributed by atoms with Crippen LogP contribution in [0.15, 0.2) is 42.9 Å². The van der Waals surface area contributed by atoms with E-state index in [0.29, 0.717) is 28.9 Å². The van der Waals surface area contributed by atoms with Crippen LogP contribution in [0.2, 0.25) is 0 Å². The summed E-state index contributed by atoms with van der Waals surface area (Å²) >= 11 is 0. The van der Waals surface area contributed by atoms with E-state index in [1.54, 1.807) is 12.3 Å². The van der Waals surface area contributed by atoms with Gasteiger partial charge in [0.2, 0.25) is 0 Å². The molecule has 0 fully saturated rings. The maximum Gasteiger partial charge on any atom is 0.416 e. The Hall–Kier alpha value is -3.34. The van der Waals surface area contributed by atoms with Crippen LogP contribution in [0.3, 0.4) is 0 Å².